The summed E-state index contributed by atoms with van der Waals surface area (Å²) in [4.78, 5) is 4.42. The Balaban J connectivity index is 2.14. The molecule has 1 fully saturated rings. The molecule has 0 spiro atoms. The molecule has 0 radical (unpaired) electrons. The van der Waals surface area contributed by atoms with E-state index in [2.05, 4.69) is 17.1 Å². The zero-order valence-corrected chi connectivity index (χ0v) is 8.48. The third-order valence-corrected chi connectivity index (χ3v) is 3.36. The molecule has 0 atom stereocenters. The second kappa shape index (κ2) is 3.04. The minimum absolute atomic E-state index is 0.0248. The Morgan fingerprint density at radius 2 is 2.07 bits per heavy atom. The number of aliphatic hydroxyl groups is 1. The second-order valence-electron chi connectivity index (χ2n) is 4.36. The highest BCUT2D eigenvalue weighted by atomic mass is 16.3. The molecule has 2 aromatic rings. The first-order valence-electron chi connectivity index (χ1n) is 5.30. The van der Waals surface area contributed by atoms with E-state index in [4.69, 9.17) is 0 Å². The SMILES string of the molecule is OCC1(c2cnc3ccccc3c2)CC1. The molecule has 1 heterocycles. The molecule has 0 bridgehead atoms. The summed E-state index contributed by atoms with van der Waals surface area (Å²) in [6.45, 7) is 0.243. The van der Waals surface area contributed by atoms with Crippen LogP contribution in [0.15, 0.2) is 36.5 Å². The van der Waals surface area contributed by atoms with Gasteiger partial charge < -0.3 is 5.11 Å². The molecule has 15 heavy (non-hydrogen) atoms. The topological polar surface area (TPSA) is 33.1 Å². The van der Waals surface area contributed by atoms with Crippen molar-refractivity contribution in [3.8, 4) is 0 Å². The molecule has 0 unspecified atom stereocenters. The van der Waals surface area contributed by atoms with Crippen LogP contribution in [0.5, 0.6) is 0 Å². The summed E-state index contributed by atoms with van der Waals surface area (Å²) in [5.41, 5.74) is 2.23. The minimum atomic E-state index is 0.0248. The van der Waals surface area contributed by atoms with Crippen LogP contribution in [0.2, 0.25) is 0 Å². The van der Waals surface area contributed by atoms with E-state index in [-0.39, 0.29) is 12.0 Å². The summed E-state index contributed by atoms with van der Waals surface area (Å²) < 4.78 is 0. The minimum Gasteiger partial charge on any atom is -0.395 e. The van der Waals surface area contributed by atoms with Crippen molar-refractivity contribution >= 4 is 10.9 Å². The van der Waals surface area contributed by atoms with Gasteiger partial charge >= 0.3 is 0 Å². The van der Waals surface area contributed by atoms with Crippen molar-refractivity contribution in [2.24, 2.45) is 0 Å². The summed E-state index contributed by atoms with van der Waals surface area (Å²) in [6, 6.07) is 10.3. The Kier molecular flexibility index (Phi) is 1.80. The highest BCUT2D eigenvalue weighted by Crippen LogP contribution is 2.47. The van der Waals surface area contributed by atoms with Crippen molar-refractivity contribution in [3.63, 3.8) is 0 Å². The normalized spacial score (nSPS) is 17.9. The lowest BCUT2D eigenvalue weighted by Crippen LogP contribution is -2.11. The van der Waals surface area contributed by atoms with E-state index in [1.807, 2.05) is 24.4 Å². The number of para-hydroxylation sites is 1. The van der Waals surface area contributed by atoms with E-state index in [1.165, 1.54) is 5.56 Å². The average Bonchev–Trinajstić information content (AvgIpc) is 3.09. The lowest BCUT2D eigenvalue weighted by Gasteiger charge is -2.11. The van der Waals surface area contributed by atoms with Gasteiger partial charge in [-0.05, 0) is 30.5 Å². The lowest BCUT2D eigenvalue weighted by molar-refractivity contribution is 0.255. The first kappa shape index (κ1) is 8.86. The molecule has 2 heteroatoms. The third-order valence-electron chi connectivity index (χ3n) is 3.36. The number of aromatic nitrogens is 1. The summed E-state index contributed by atoms with van der Waals surface area (Å²) in [5, 5.41) is 10.5. The van der Waals surface area contributed by atoms with Crippen LogP contribution in [0.1, 0.15) is 18.4 Å². The van der Waals surface area contributed by atoms with Gasteiger partial charge in [-0.15, -0.1) is 0 Å². The Morgan fingerprint density at radius 1 is 1.27 bits per heavy atom. The maximum Gasteiger partial charge on any atom is 0.0702 e. The van der Waals surface area contributed by atoms with Crippen molar-refractivity contribution < 1.29 is 5.11 Å². The Labute approximate surface area is 88.6 Å². The molecular weight excluding hydrogens is 186 g/mol. The average molecular weight is 199 g/mol. The fourth-order valence-electron chi connectivity index (χ4n) is 2.05. The van der Waals surface area contributed by atoms with Crippen molar-refractivity contribution in [1.82, 2.24) is 4.98 Å². The summed E-state index contributed by atoms with van der Waals surface area (Å²) >= 11 is 0. The molecule has 1 aromatic heterocycles. The van der Waals surface area contributed by atoms with E-state index in [1.54, 1.807) is 0 Å². The zero-order valence-electron chi connectivity index (χ0n) is 8.48. The van der Waals surface area contributed by atoms with Gasteiger partial charge in [0.05, 0.1) is 12.1 Å². The number of benzene rings is 1. The zero-order chi connectivity index (χ0) is 10.3. The van der Waals surface area contributed by atoms with Crippen LogP contribution in [-0.2, 0) is 5.41 Å². The Hall–Kier alpha value is -1.41. The number of nitrogens with zero attached hydrogens (tertiary/aromatic N) is 1. The van der Waals surface area contributed by atoms with Crippen LogP contribution in [0.3, 0.4) is 0 Å². The molecule has 0 saturated heterocycles. The molecule has 1 saturated carbocycles. The predicted octanol–water partition coefficient (Wildman–Crippen LogP) is 2.26. The molecule has 0 aliphatic heterocycles. The smallest absolute Gasteiger partial charge is 0.0702 e. The van der Waals surface area contributed by atoms with E-state index in [0.717, 1.165) is 23.7 Å². The molecule has 1 aromatic carbocycles. The van der Waals surface area contributed by atoms with Gasteiger partial charge in [0.25, 0.3) is 0 Å². The molecule has 1 aliphatic rings. The van der Waals surface area contributed by atoms with Gasteiger partial charge in [-0.2, -0.15) is 0 Å². The standard InChI is InChI=1S/C13H13NO/c15-9-13(5-6-13)11-7-10-3-1-2-4-12(10)14-8-11/h1-4,7-8,15H,5-6,9H2. The van der Waals surface area contributed by atoms with Crippen LogP contribution >= 0.6 is 0 Å². The van der Waals surface area contributed by atoms with Gasteiger partial charge in [-0.1, -0.05) is 18.2 Å². The largest absolute Gasteiger partial charge is 0.395 e. The summed E-state index contributed by atoms with van der Waals surface area (Å²) in [6.07, 6.45) is 4.08. The highest BCUT2D eigenvalue weighted by molar-refractivity contribution is 5.79. The second-order valence-corrected chi connectivity index (χ2v) is 4.36. The predicted molar refractivity (Wildman–Crippen MR) is 59.7 cm³/mol. The molecule has 1 aliphatic carbocycles. The number of rotatable bonds is 2. The van der Waals surface area contributed by atoms with Gasteiger partial charge in [0.15, 0.2) is 0 Å². The van der Waals surface area contributed by atoms with Crippen molar-refractivity contribution in [2.75, 3.05) is 6.61 Å². The molecule has 2 nitrogen and oxygen atoms in total. The van der Waals surface area contributed by atoms with Gasteiger partial charge in [0.1, 0.15) is 0 Å². The van der Waals surface area contributed by atoms with E-state index < -0.39 is 0 Å². The molecular formula is C13H13NO. The fraction of sp³-hybridized carbons (Fsp3) is 0.308. The lowest BCUT2D eigenvalue weighted by atomic mass is 9.97. The molecule has 76 valence electrons. The van der Waals surface area contributed by atoms with Crippen LogP contribution in [-0.4, -0.2) is 16.7 Å². The van der Waals surface area contributed by atoms with Crippen LogP contribution < -0.4 is 0 Å². The maximum absolute atomic E-state index is 9.35. The van der Waals surface area contributed by atoms with Gasteiger partial charge in [-0.3, -0.25) is 4.98 Å². The number of aliphatic hydroxyl groups excluding tert-OH is 1. The third kappa shape index (κ3) is 1.33. The highest BCUT2D eigenvalue weighted by Gasteiger charge is 2.43. The van der Waals surface area contributed by atoms with E-state index in [9.17, 15) is 5.11 Å². The van der Waals surface area contributed by atoms with Gasteiger partial charge in [0.2, 0.25) is 0 Å². The van der Waals surface area contributed by atoms with Crippen LogP contribution in [0.4, 0.5) is 0 Å². The number of fused-ring (bicyclic) bond motifs is 1. The summed E-state index contributed by atoms with van der Waals surface area (Å²) in [5.74, 6) is 0. The first-order valence-corrected chi connectivity index (χ1v) is 5.30. The van der Waals surface area contributed by atoms with Crippen molar-refractivity contribution in [3.05, 3.63) is 42.1 Å². The molecule has 0 amide bonds. The van der Waals surface area contributed by atoms with Crippen molar-refractivity contribution in [2.45, 2.75) is 18.3 Å². The van der Waals surface area contributed by atoms with E-state index in [0.29, 0.717) is 0 Å². The molecule has 1 N–H and O–H groups in total. The Bertz CT molecular complexity index is 503. The van der Waals surface area contributed by atoms with Gasteiger partial charge in [0, 0.05) is 17.0 Å². The number of pyridine rings is 1. The number of hydrogen-bond acceptors (Lipinski definition) is 2. The quantitative estimate of drug-likeness (QED) is 0.804. The first-order chi connectivity index (χ1) is 7.34. The monoisotopic (exact) mass is 199 g/mol. The van der Waals surface area contributed by atoms with Gasteiger partial charge in [-0.25, -0.2) is 0 Å². The van der Waals surface area contributed by atoms with E-state index >= 15 is 0 Å². The number of hydrogen-bond donors (Lipinski definition) is 1. The fourth-order valence-corrected chi connectivity index (χ4v) is 2.05. The van der Waals surface area contributed by atoms with Crippen molar-refractivity contribution in [1.29, 1.82) is 0 Å². The van der Waals surface area contributed by atoms with Crippen LogP contribution in [0, 0.1) is 0 Å². The maximum atomic E-state index is 9.35. The molecule has 3 rings (SSSR count). The van der Waals surface area contributed by atoms with Crippen LogP contribution in [0.25, 0.3) is 10.9 Å². The Morgan fingerprint density at radius 3 is 2.80 bits per heavy atom. The summed E-state index contributed by atoms with van der Waals surface area (Å²) in [7, 11) is 0.